The quantitative estimate of drug-likeness (QED) is 0.461. The van der Waals surface area contributed by atoms with Crippen LogP contribution in [0.25, 0.3) is 0 Å². The number of rotatable bonds is 9. The number of nitrogens with zero attached hydrogens (tertiary/aromatic N) is 1. The third-order valence-corrected chi connectivity index (χ3v) is 5.09. The lowest BCUT2D eigenvalue weighted by atomic mass is 9.98. The number of unbranched alkanes of at least 4 members (excludes halogenated alkanes) is 7. The molecule has 2 atom stereocenters. The van der Waals surface area contributed by atoms with Crippen molar-refractivity contribution >= 4 is 17.3 Å². The predicted octanol–water partition coefficient (Wildman–Crippen LogP) is 5.26. The summed E-state index contributed by atoms with van der Waals surface area (Å²) >= 11 is 5.59. The van der Waals surface area contributed by atoms with Crippen molar-refractivity contribution in [1.82, 2.24) is 10.2 Å². The third kappa shape index (κ3) is 7.49. The molecule has 0 amide bonds. The summed E-state index contributed by atoms with van der Waals surface area (Å²) in [6.07, 6.45) is 14.9. The lowest BCUT2D eigenvalue weighted by molar-refractivity contribution is 0.189. The molecule has 1 heterocycles. The Bertz CT molecular complexity index is 270. The average Bonchev–Trinajstić information content (AvgIpc) is 2.45. The zero-order valence-electron chi connectivity index (χ0n) is 14.5. The average molecular weight is 313 g/mol. The fourth-order valence-corrected chi connectivity index (χ4v) is 3.83. The molecule has 1 saturated heterocycles. The molecule has 21 heavy (non-hydrogen) atoms. The van der Waals surface area contributed by atoms with Gasteiger partial charge in [-0.1, -0.05) is 51.9 Å². The normalized spacial score (nSPS) is 22.3. The smallest absolute Gasteiger partial charge is 0.169 e. The van der Waals surface area contributed by atoms with E-state index >= 15 is 0 Å². The minimum atomic E-state index is 0.604. The van der Waals surface area contributed by atoms with Crippen molar-refractivity contribution in [3.63, 3.8) is 0 Å². The molecule has 1 aliphatic rings. The molecule has 0 radical (unpaired) electrons. The van der Waals surface area contributed by atoms with E-state index in [1.54, 1.807) is 0 Å². The van der Waals surface area contributed by atoms with Crippen molar-refractivity contribution in [1.29, 1.82) is 0 Å². The Kier molecular flexibility index (Phi) is 10.1. The molecule has 0 bridgehead atoms. The summed E-state index contributed by atoms with van der Waals surface area (Å²) in [4.78, 5) is 2.42. The number of likely N-dealkylation sites (tertiary alicyclic amines) is 1. The monoisotopic (exact) mass is 312 g/mol. The summed E-state index contributed by atoms with van der Waals surface area (Å²) in [6, 6.07) is 1.21. The van der Waals surface area contributed by atoms with Crippen molar-refractivity contribution in [2.45, 2.75) is 103 Å². The summed E-state index contributed by atoms with van der Waals surface area (Å²) < 4.78 is 0. The van der Waals surface area contributed by atoms with Gasteiger partial charge in [0.1, 0.15) is 0 Å². The lowest BCUT2D eigenvalue weighted by Gasteiger charge is -2.41. The Morgan fingerprint density at radius 3 is 2.05 bits per heavy atom. The van der Waals surface area contributed by atoms with E-state index in [0.717, 1.165) is 11.7 Å². The predicted molar refractivity (Wildman–Crippen MR) is 97.8 cm³/mol. The Hall–Kier alpha value is -0.310. The first-order chi connectivity index (χ1) is 10.2. The largest absolute Gasteiger partial charge is 0.363 e. The van der Waals surface area contributed by atoms with Gasteiger partial charge in [0.15, 0.2) is 5.11 Å². The van der Waals surface area contributed by atoms with Gasteiger partial charge in [0.2, 0.25) is 0 Å². The van der Waals surface area contributed by atoms with Crippen LogP contribution < -0.4 is 5.32 Å². The van der Waals surface area contributed by atoms with E-state index in [0.29, 0.717) is 12.1 Å². The standard InChI is InChI=1S/C18H36N2S/c1-4-5-6-7-8-9-10-11-15-19-18(21)20-16(2)13-12-14-17(20)3/h16-17H,4-15H2,1-3H3,(H,19,21)/t16-,17-/m1/s1. The highest BCUT2D eigenvalue weighted by Gasteiger charge is 2.26. The van der Waals surface area contributed by atoms with Crippen LogP contribution in [0.4, 0.5) is 0 Å². The van der Waals surface area contributed by atoms with E-state index in [2.05, 4.69) is 31.0 Å². The highest BCUT2D eigenvalue weighted by molar-refractivity contribution is 7.80. The number of thiocarbonyl (C=S) groups is 1. The van der Waals surface area contributed by atoms with Crippen LogP contribution in [0.2, 0.25) is 0 Å². The van der Waals surface area contributed by atoms with Crippen LogP contribution in [-0.4, -0.2) is 28.6 Å². The maximum atomic E-state index is 5.59. The fourth-order valence-electron chi connectivity index (χ4n) is 3.37. The minimum Gasteiger partial charge on any atom is -0.363 e. The Morgan fingerprint density at radius 1 is 0.952 bits per heavy atom. The molecular formula is C18H36N2S. The number of piperidine rings is 1. The molecule has 0 spiro atoms. The molecule has 1 N–H and O–H groups in total. The van der Waals surface area contributed by atoms with Crippen molar-refractivity contribution in [2.75, 3.05) is 6.54 Å². The molecule has 0 saturated carbocycles. The van der Waals surface area contributed by atoms with Crippen LogP contribution in [0.1, 0.15) is 91.4 Å². The van der Waals surface area contributed by atoms with Gasteiger partial charge in [0, 0.05) is 18.6 Å². The van der Waals surface area contributed by atoms with Crippen LogP contribution in [0, 0.1) is 0 Å². The summed E-state index contributed by atoms with van der Waals surface area (Å²) in [5.41, 5.74) is 0. The van der Waals surface area contributed by atoms with Crippen LogP contribution in [0.15, 0.2) is 0 Å². The summed E-state index contributed by atoms with van der Waals surface area (Å²) in [5.74, 6) is 0. The SMILES string of the molecule is CCCCCCCCCCNC(=S)N1[C@H](C)CCC[C@H]1C. The van der Waals surface area contributed by atoms with E-state index in [1.807, 2.05) is 0 Å². The van der Waals surface area contributed by atoms with Crippen molar-refractivity contribution < 1.29 is 0 Å². The van der Waals surface area contributed by atoms with Crippen LogP contribution >= 0.6 is 12.2 Å². The van der Waals surface area contributed by atoms with Gasteiger partial charge in [-0.3, -0.25) is 0 Å². The van der Waals surface area contributed by atoms with Crippen LogP contribution in [-0.2, 0) is 0 Å². The van der Waals surface area contributed by atoms with Crippen LogP contribution in [0.3, 0.4) is 0 Å². The molecule has 124 valence electrons. The van der Waals surface area contributed by atoms with E-state index < -0.39 is 0 Å². The van der Waals surface area contributed by atoms with E-state index in [9.17, 15) is 0 Å². The van der Waals surface area contributed by atoms with Gasteiger partial charge in [-0.25, -0.2) is 0 Å². The second-order valence-electron chi connectivity index (χ2n) is 6.74. The number of nitrogens with one attached hydrogen (secondary N) is 1. The van der Waals surface area contributed by atoms with Gasteiger partial charge >= 0.3 is 0 Å². The highest BCUT2D eigenvalue weighted by atomic mass is 32.1. The van der Waals surface area contributed by atoms with Gasteiger partial charge < -0.3 is 10.2 Å². The molecule has 1 rings (SSSR count). The van der Waals surface area contributed by atoms with Crippen molar-refractivity contribution in [3.8, 4) is 0 Å². The first kappa shape index (κ1) is 18.7. The molecular weight excluding hydrogens is 276 g/mol. The third-order valence-electron chi connectivity index (χ3n) is 4.73. The molecule has 0 aromatic rings. The van der Waals surface area contributed by atoms with E-state index in [4.69, 9.17) is 12.2 Å². The van der Waals surface area contributed by atoms with Gasteiger partial charge in [-0.15, -0.1) is 0 Å². The Balaban J connectivity index is 2.03. The van der Waals surface area contributed by atoms with Crippen LogP contribution in [0.5, 0.6) is 0 Å². The van der Waals surface area contributed by atoms with Crippen molar-refractivity contribution in [3.05, 3.63) is 0 Å². The van der Waals surface area contributed by atoms with Gasteiger partial charge in [0.25, 0.3) is 0 Å². The maximum absolute atomic E-state index is 5.59. The minimum absolute atomic E-state index is 0.604. The van der Waals surface area contributed by atoms with Gasteiger partial charge in [-0.2, -0.15) is 0 Å². The molecule has 3 heteroatoms. The van der Waals surface area contributed by atoms with E-state index in [-0.39, 0.29) is 0 Å². The topological polar surface area (TPSA) is 15.3 Å². The first-order valence-corrected chi connectivity index (χ1v) is 9.63. The summed E-state index contributed by atoms with van der Waals surface area (Å²) in [7, 11) is 0. The zero-order valence-corrected chi connectivity index (χ0v) is 15.3. The fraction of sp³-hybridized carbons (Fsp3) is 0.944. The second-order valence-corrected chi connectivity index (χ2v) is 7.13. The lowest BCUT2D eigenvalue weighted by Crippen LogP contribution is -2.51. The summed E-state index contributed by atoms with van der Waals surface area (Å²) in [6.45, 7) is 7.93. The second kappa shape index (κ2) is 11.3. The van der Waals surface area contributed by atoms with Crippen molar-refractivity contribution in [2.24, 2.45) is 0 Å². The molecule has 0 aliphatic carbocycles. The molecule has 1 fully saturated rings. The highest BCUT2D eigenvalue weighted by Crippen LogP contribution is 2.22. The number of hydrogen-bond acceptors (Lipinski definition) is 1. The Morgan fingerprint density at radius 2 is 1.48 bits per heavy atom. The zero-order chi connectivity index (χ0) is 15.5. The van der Waals surface area contributed by atoms with Gasteiger partial charge in [0.05, 0.1) is 0 Å². The molecule has 0 unspecified atom stereocenters. The Labute approximate surface area is 138 Å². The molecule has 0 aromatic heterocycles. The van der Waals surface area contributed by atoms with Gasteiger partial charge in [-0.05, 0) is 51.7 Å². The number of hydrogen-bond donors (Lipinski definition) is 1. The molecule has 2 nitrogen and oxygen atoms in total. The first-order valence-electron chi connectivity index (χ1n) is 9.23. The van der Waals surface area contributed by atoms with E-state index in [1.165, 1.54) is 70.6 Å². The maximum Gasteiger partial charge on any atom is 0.169 e. The molecule has 0 aromatic carbocycles. The molecule has 1 aliphatic heterocycles. The summed E-state index contributed by atoms with van der Waals surface area (Å²) in [5, 5.41) is 4.47.